The molecular weight excluding hydrogens is 332 g/mol. The highest BCUT2D eigenvalue weighted by atomic mass is 32.1. The Balaban J connectivity index is 1.78. The Bertz CT molecular complexity index is 393. The third kappa shape index (κ3) is 13.0. The van der Waals surface area contributed by atoms with Crippen molar-refractivity contribution in [3.8, 4) is 0 Å². The van der Waals surface area contributed by atoms with Gasteiger partial charge in [-0.2, -0.15) is 11.3 Å². The van der Waals surface area contributed by atoms with Crippen LogP contribution in [0.15, 0.2) is 10.8 Å². The van der Waals surface area contributed by atoms with E-state index in [1.54, 1.807) is 11.1 Å². The maximum absolute atomic E-state index is 2.39. The first-order valence-electron chi connectivity index (χ1n) is 11.9. The molecule has 0 aromatic carbocycles. The molecule has 0 fully saturated rings. The van der Waals surface area contributed by atoms with Crippen molar-refractivity contribution in [2.75, 3.05) is 0 Å². The largest absolute Gasteiger partial charge is 0.152 e. The van der Waals surface area contributed by atoms with Crippen LogP contribution in [0.3, 0.4) is 0 Å². The van der Waals surface area contributed by atoms with Crippen LogP contribution >= 0.6 is 11.3 Å². The SMILES string of the molecule is CCCCCCCCCCCCCCCCCCc1cscc1CCC. The van der Waals surface area contributed by atoms with E-state index < -0.39 is 0 Å². The lowest BCUT2D eigenvalue weighted by molar-refractivity contribution is 0.529. The van der Waals surface area contributed by atoms with Crippen LogP contribution in [0.5, 0.6) is 0 Å². The molecule has 0 aliphatic heterocycles. The van der Waals surface area contributed by atoms with Gasteiger partial charge in [0.25, 0.3) is 0 Å². The van der Waals surface area contributed by atoms with Gasteiger partial charge in [0, 0.05) is 0 Å². The van der Waals surface area contributed by atoms with E-state index in [1.807, 2.05) is 11.3 Å². The monoisotopic (exact) mass is 378 g/mol. The highest BCUT2D eigenvalue weighted by Crippen LogP contribution is 2.20. The van der Waals surface area contributed by atoms with Crippen molar-refractivity contribution in [3.05, 3.63) is 21.9 Å². The van der Waals surface area contributed by atoms with Crippen molar-refractivity contribution in [1.29, 1.82) is 0 Å². The molecule has 1 heteroatoms. The molecule has 0 saturated carbocycles. The number of unbranched alkanes of at least 4 members (excludes halogenated alkanes) is 15. The summed E-state index contributed by atoms with van der Waals surface area (Å²) in [5.41, 5.74) is 3.26. The quantitative estimate of drug-likeness (QED) is 0.210. The summed E-state index contributed by atoms with van der Waals surface area (Å²) in [6, 6.07) is 0. The molecule has 0 bridgehead atoms. The van der Waals surface area contributed by atoms with Gasteiger partial charge >= 0.3 is 0 Å². The summed E-state index contributed by atoms with van der Waals surface area (Å²) < 4.78 is 0. The minimum Gasteiger partial charge on any atom is -0.152 e. The molecule has 1 rings (SSSR count). The lowest BCUT2D eigenvalue weighted by atomic mass is 10.0. The standard InChI is InChI=1S/C25H46S/c1-3-5-6-7-8-9-10-11-12-13-14-15-16-17-18-19-21-25-23-26-22-24(25)20-4-2/h22-23H,3-21H2,1-2H3. The van der Waals surface area contributed by atoms with Gasteiger partial charge in [-0.3, -0.25) is 0 Å². The first kappa shape index (κ1) is 23.7. The van der Waals surface area contributed by atoms with E-state index in [2.05, 4.69) is 24.6 Å². The molecule has 0 spiro atoms. The first-order chi connectivity index (χ1) is 12.9. The fraction of sp³-hybridized carbons (Fsp3) is 0.840. The molecule has 152 valence electrons. The topological polar surface area (TPSA) is 0 Å². The fourth-order valence-electron chi connectivity index (χ4n) is 3.92. The molecule has 0 amide bonds. The van der Waals surface area contributed by atoms with Gasteiger partial charge in [-0.1, -0.05) is 117 Å². The summed E-state index contributed by atoms with van der Waals surface area (Å²) in [5.74, 6) is 0. The van der Waals surface area contributed by atoms with Gasteiger partial charge in [0.2, 0.25) is 0 Å². The number of hydrogen-bond donors (Lipinski definition) is 0. The molecular formula is C25H46S. The molecule has 0 aliphatic carbocycles. The van der Waals surface area contributed by atoms with E-state index >= 15 is 0 Å². The number of aryl methyl sites for hydroxylation is 2. The second-order valence-electron chi connectivity index (χ2n) is 8.23. The van der Waals surface area contributed by atoms with Crippen molar-refractivity contribution in [1.82, 2.24) is 0 Å². The first-order valence-corrected chi connectivity index (χ1v) is 12.9. The van der Waals surface area contributed by atoms with Gasteiger partial charge < -0.3 is 0 Å². The van der Waals surface area contributed by atoms with Crippen molar-refractivity contribution >= 4 is 11.3 Å². The van der Waals surface area contributed by atoms with Crippen LogP contribution in [0.1, 0.15) is 134 Å². The van der Waals surface area contributed by atoms with Crippen molar-refractivity contribution in [2.24, 2.45) is 0 Å². The molecule has 0 nitrogen and oxygen atoms in total. The minimum atomic E-state index is 1.28. The van der Waals surface area contributed by atoms with Crippen LogP contribution in [-0.4, -0.2) is 0 Å². The van der Waals surface area contributed by atoms with E-state index in [0.29, 0.717) is 0 Å². The summed E-state index contributed by atoms with van der Waals surface area (Å²) in [6.07, 6.45) is 27.2. The van der Waals surface area contributed by atoms with Crippen LogP contribution in [-0.2, 0) is 12.8 Å². The van der Waals surface area contributed by atoms with E-state index in [9.17, 15) is 0 Å². The number of thiophene rings is 1. The van der Waals surface area contributed by atoms with Crippen LogP contribution in [0.4, 0.5) is 0 Å². The molecule has 26 heavy (non-hydrogen) atoms. The maximum Gasteiger partial charge on any atom is -0.00584 e. The van der Waals surface area contributed by atoms with Gasteiger partial charge in [0.15, 0.2) is 0 Å². The van der Waals surface area contributed by atoms with Crippen LogP contribution in [0.25, 0.3) is 0 Å². The average molecular weight is 379 g/mol. The fourth-order valence-corrected chi connectivity index (χ4v) is 4.86. The molecule has 0 unspecified atom stereocenters. The Hall–Kier alpha value is -0.300. The number of rotatable bonds is 19. The van der Waals surface area contributed by atoms with Crippen LogP contribution in [0.2, 0.25) is 0 Å². The molecule has 1 aromatic rings. The van der Waals surface area contributed by atoms with Gasteiger partial charge in [-0.05, 0) is 41.1 Å². The molecule has 0 N–H and O–H groups in total. The Morgan fingerprint density at radius 1 is 0.462 bits per heavy atom. The molecule has 0 saturated heterocycles. The zero-order valence-electron chi connectivity index (χ0n) is 18.0. The van der Waals surface area contributed by atoms with Gasteiger partial charge in [-0.15, -0.1) is 0 Å². The van der Waals surface area contributed by atoms with Crippen LogP contribution < -0.4 is 0 Å². The maximum atomic E-state index is 2.39. The van der Waals surface area contributed by atoms with Crippen molar-refractivity contribution in [2.45, 2.75) is 136 Å². The van der Waals surface area contributed by atoms with E-state index in [0.717, 1.165) is 0 Å². The number of hydrogen-bond acceptors (Lipinski definition) is 1. The third-order valence-electron chi connectivity index (χ3n) is 5.65. The zero-order chi connectivity index (χ0) is 18.7. The van der Waals surface area contributed by atoms with Crippen molar-refractivity contribution in [3.63, 3.8) is 0 Å². The Labute approximate surface area is 169 Å². The Morgan fingerprint density at radius 2 is 0.846 bits per heavy atom. The van der Waals surface area contributed by atoms with E-state index in [1.165, 1.54) is 122 Å². The van der Waals surface area contributed by atoms with E-state index in [-0.39, 0.29) is 0 Å². The highest BCUT2D eigenvalue weighted by molar-refractivity contribution is 7.08. The summed E-state index contributed by atoms with van der Waals surface area (Å²) in [5, 5.41) is 4.75. The summed E-state index contributed by atoms with van der Waals surface area (Å²) in [4.78, 5) is 0. The average Bonchev–Trinajstić information content (AvgIpc) is 3.09. The molecule has 0 atom stereocenters. The highest BCUT2D eigenvalue weighted by Gasteiger charge is 2.02. The molecule has 0 aliphatic rings. The lowest BCUT2D eigenvalue weighted by Gasteiger charge is -2.04. The van der Waals surface area contributed by atoms with Gasteiger partial charge in [-0.25, -0.2) is 0 Å². The summed E-state index contributed by atoms with van der Waals surface area (Å²) >= 11 is 1.89. The van der Waals surface area contributed by atoms with Gasteiger partial charge in [0.1, 0.15) is 0 Å². The third-order valence-corrected chi connectivity index (χ3v) is 6.49. The zero-order valence-corrected chi connectivity index (χ0v) is 18.8. The summed E-state index contributed by atoms with van der Waals surface area (Å²) in [7, 11) is 0. The smallest absolute Gasteiger partial charge is 0.00584 e. The molecule has 1 aromatic heterocycles. The summed E-state index contributed by atoms with van der Waals surface area (Å²) in [6.45, 7) is 4.59. The minimum absolute atomic E-state index is 1.28. The van der Waals surface area contributed by atoms with Crippen molar-refractivity contribution < 1.29 is 0 Å². The predicted octanol–water partition coefficient (Wildman–Crippen LogP) is 9.50. The normalized spacial score (nSPS) is 11.3. The Kier molecular flexibility index (Phi) is 16.5. The van der Waals surface area contributed by atoms with Gasteiger partial charge in [0.05, 0.1) is 0 Å². The lowest BCUT2D eigenvalue weighted by Crippen LogP contribution is -1.90. The molecule has 0 radical (unpaired) electrons. The second-order valence-corrected chi connectivity index (χ2v) is 8.97. The van der Waals surface area contributed by atoms with Crippen LogP contribution in [0, 0.1) is 0 Å². The second kappa shape index (κ2) is 18.1. The predicted molar refractivity (Wildman–Crippen MR) is 122 cm³/mol. The Morgan fingerprint density at radius 3 is 1.27 bits per heavy atom. The molecule has 1 heterocycles. The van der Waals surface area contributed by atoms with E-state index in [4.69, 9.17) is 0 Å².